The molecular formula is C17H24O4. The Bertz CT molecular complexity index is 439. The summed E-state index contributed by atoms with van der Waals surface area (Å²) in [6, 6.07) is 6.44. The fraction of sp³-hybridized carbons (Fsp3) is 0.529. The summed E-state index contributed by atoms with van der Waals surface area (Å²) < 4.78 is 0. The lowest BCUT2D eigenvalue weighted by molar-refractivity contribution is -0.138. The Kier molecular flexibility index (Phi) is 7.51. The smallest absolute Gasteiger partial charge is 0.303 e. The van der Waals surface area contributed by atoms with Crippen LogP contribution in [-0.2, 0) is 22.4 Å². The van der Waals surface area contributed by atoms with Gasteiger partial charge in [-0.3, -0.25) is 9.59 Å². The van der Waals surface area contributed by atoms with Crippen LogP contribution in [0.3, 0.4) is 0 Å². The third kappa shape index (κ3) is 8.12. The Hall–Kier alpha value is -1.84. The van der Waals surface area contributed by atoms with E-state index in [-0.39, 0.29) is 12.8 Å². The van der Waals surface area contributed by atoms with Gasteiger partial charge >= 0.3 is 11.9 Å². The Morgan fingerprint density at radius 2 is 1.24 bits per heavy atom. The minimum atomic E-state index is -0.738. The van der Waals surface area contributed by atoms with Crippen molar-refractivity contribution in [3.8, 4) is 0 Å². The second-order valence-electron chi connectivity index (χ2n) is 5.53. The topological polar surface area (TPSA) is 74.6 Å². The molecule has 0 aliphatic carbocycles. The van der Waals surface area contributed by atoms with Gasteiger partial charge in [0.25, 0.3) is 0 Å². The molecular weight excluding hydrogens is 268 g/mol. The minimum absolute atomic E-state index is 0.230. The molecule has 0 radical (unpaired) electrons. The summed E-state index contributed by atoms with van der Waals surface area (Å²) in [6.07, 6.45) is 5.44. The third-order valence-corrected chi connectivity index (χ3v) is 3.41. The molecule has 0 aliphatic rings. The van der Waals surface area contributed by atoms with E-state index in [2.05, 4.69) is 25.1 Å². The fourth-order valence-electron chi connectivity index (χ4n) is 2.45. The molecule has 1 aromatic carbocycles. The number of aryl methyl sites for hydroxylation is 3. The highest BCUT2D eigenvalue weighted by molar-refractivity contribution is 5.66. The van der Waals surface area contributed by atoms with E-state index >= 15 is 0 Å². The van der Waals surface area contributed by atoms with Crippen molar-refractivity contribution in [2.24, 2.45) is 0 Å². The summed E-state index contributed by atoms with van der Waals surface area (Å²) in [6.45, 7) is 2.06. The molecule has 0 fully saturated rings. The third-order valence-electron chi connectivity index (χ3n) is 3.41. The fourth-order valence-corrected chi connectivity index (χ4v) is 2.45. The van der Waals surface area contributed by atoms with Gasteiger partial charge in [0, 0.05) is 12.8 Å². The number of unbranched alkanes of at least 4 members (excludes halogenated alkanes) is 2. The van der Waals surface area contributed by atoms with Crippen molar-refractivity contribution in [3.05, 3.63) is 34.9 Å². The number of carboxylic acid groups (broad SMARTS) is 2. The van der Waals surface area contributed by atoms with E-state index in [9.17, 15) is 9.59 Å². The van der Waals surface area contributed by atoms with Crippen LogP contribution in [0, 0.1) is 6.92 Å². The van der Waals surface area contributed by atoms with E-state index in [1.807, 2.05) is 0 Å². The summed E-state index contributed by atoms with van der Waals surface area (Å²) in [5, 5.41) is 17.2. The van der Waals surface area contributed by atoms with Gasteiger partial charge in [-0.15, -0.1) is 0 Å². The first kappa shape index (κ1) is 17.2. The molecule has 0 unspecified atom stereocenters. The van der Waals surface area contributed by atoms with Crippen LogP contribution in [0.2, 0.25) is 0 Å². The second-order valence-corrected chi connectivity index (χ2v) is 5.53. The van der Waals surface area contributed by atoms with Gasteiger partial charge in [0.15, 0.2) is 0 Å². The number of carboxylic acids is 2. The Balaban J connectivity index is 2.43. The summed E-state index contributed by atoms with van der Waals surface area (Å²) in [5.41, 5.74) is 3.70. The monoisotopic (exact) mass is 292 g/mol. The standard InChI is InChI=1S/C17H24O4/c1-13-10-14(6-2-4-8-16(18)19)12-15(11-13)7-3-5-9-17(20)21/h10-12H,2-9H2,1H3,(H,18,19)(H,20,21). The molecule has 4 heteroatoms. The lowest BCUT2D eigenvalue weighted by Gasteiger charge is -2.07. The van der Waals surface area contributed by atoms with Gasteiger partial charge in [-0.05, 0) is 56.6 Å². The minimum Gasteiger partial charge on any atom is -0.481 e. The van der Waals surface area contributed by atoms with Crippen molar-refractivity contribution < 1.29 is 19.8 Å². The van der Waals surface area contributed by atoms with Crippen LogP contribution in [0.4, 0.5) is 0 Å². The van der Waals surface area contributed by atoms with Crippen LogP contribution < -0.4 is 0 Å². The lowest BCUT2D eigenvalue weighted by Crippen LogP contribution is -1.97. The maximum absolute atomic E-state index is 10.5. The highest BCUT2D eigenvalue weighted by atomic mass is 16.4. The van der Waals surface area contributed by atoms with Gasteiger partial charge in [0.05, 0.1) is 0 Å². The Labute approximate surface area is 125 Å². The van der Waals surface area contributed by atoms with Crippen LogP contribution in [-0.4, -0.2) is 22.2 Å². The summed E-state index contributed by atoms with van der Waals surface area (Å²) in [5.74, 6) is -1.48. The van der Waals surface area contributed by atoms with Crippen LogP contribution in [0.1, 0.15) is 55.2 Å². The molecule has 2 N–H and O–H groups in total. The number of aliphatic carboxylic acids is 2. The summed E-state index contributed by atoms with van der Waals surface area (Å²) in [7, 11) is 0. The molecule has 0 heterocycles. The van der Waals surface area contributed by atoms with E-state index in [1.165, 1.54) is 16.7 Å². The first-order valence-electron chi connectivity index (χ1n) is 7.50. The number of hydrogen-bond acceptors (Lipinski definition) is 2. The normalized spacial score (nSPS) is 10.5. The number of carbonyl (C=O) groups is 2. The van der Waals surface area contributed by atoms with Gasteiger partial charge in [-0.1, -0.05) is 23.8 Å². The SMILES string of the molecule is Cc1cc(CCCCC(=O)O)cc(CCCCC(=O)O)c1. The van der Waals surface area contributed by atoms with Gasteiger partial charge in [-0.25, -0.2) is 0 Å². The molecule has 116 valence electrons. The van der Waals surface area contributed by atoms with E-state index in [1.54, 1.807) is 0 Å². The average Bonchev–Trinajstić information content (AvgIpc) is 2.39. The lowest BCUT2D eigenvalue weighted by atomic mass is 9.98. The van der Waals surface area contributed by atoms with E-state index in [0.29, 0.717) is 12.8 Å². The molecule has 0 saturated carbocycles. The molecule has 0 saturated heterocycles. The van der Waals surface area contributed by atoms with E-state index in [0.717, 1.165) is 25.7 Å². The first-order valence-corrected chi connectivity index (χ1v) is 7.50. The highest BCUT2D eigenvalue weighted by Gasteiger charge is 2.02. The van der Waals surface area contributed by atoms with Crippen molar-refractivity contribution in [2.45, 2.75) is 58.3 Å². The Morgan fingerprint density at radius 1 is 0.810 bits per heavy atom. The Morgan fingerprint density at radius 3 is 1.62 bits per heavy atom. The van der Waals surface area contributed by atoms with Crippen molar-refractivity contribution >= 4 is 11.9 Å². The zero-order chi connectivity index (χ0) is 15.7. The largest absolute Gasteiger partial charge is 0.481 e. The predicted molar refractivity (Wildman–Crippen MR) is 81.6 cm³/mol. The van der Waals surface area contributed by atoms with Crippen LogP contribution in [0.5, 0.6) is 0 Å². The quantitative estimate of drug-likeness (QED) is 0.646. The van der Waals surface area contributed by atoms with Crippen LogP contribution in [0.25, 0.3) is 0 Å². The number of benzene rings is 1. The van der Waals surface area contributed by atoms with Gasteiger partial charge < -0.3 is 10.2 Å². The molecule has 1 rings (SSSR count). The molecule has 0 atom stereocenters. The van der Waals surface area contributed by atoms with Crippen LogP contribution in [0.15, 0.2) is 18.2 Å². The van der Waals surface area contributed by atoms with Gasteiger partial charge in [-0.2, -0.15) is 0 Å². The molecule has 0 amide bonds. The molecule has 21 heavy (non-hydrogen) atoms. The maximum Gasteiger partial charge on any atom is 0.303 e. The molecule has 1 aromatic rings. The molecule has 0 aliphatic heterocycles. The van der Waals surface area contributed by atoms with Gasteiger partial charge in [0.2, 0.25) is 0 Å². The van der Waals surface area contributed by atoms with E-state index in [4.69, 9.17) is 10.2 Å². The van der Waals surface area contributed by atoms with Crippen molar-refractivity contribution in [2.75, 3.05) is 0 Å². The van der Waals surface area contributed by atoms with Crippen molar-refractivity contribution in [1.82, 2.24) is 0 Å². The van der Waals surface area contributed by atoms with Crippen LogP contribution >= 0.6 is 0 Å². The second kappa shape index (κ2) is 9.16. The first-order chi connectivity index (χ1) is 9.97. The maximum atomic E-state index is 10.5. The zero-order valence-electron chi connectivity index (χ0n) is 12.6. The average molecular weight is 292 g/mol. The zero-order valence-corrected chi connectivity index (χ0v) is 12.6. The van der Waals surface area contributed by atoms with E-state index < -0.39 is 11.9 Å². The molecule has 0 spiro atoms. The highest BCUT2D eigenvalue weighted by Crippen LogP contribution is 2.15. The van der Waals surface area contributed by atoms with Gasteiger partial charge in [0.1, 0.15) is 0 Å². The molecule has 0 bridgehead atoms. The molecule has 0 aromatic heterocycles. The van der Waals surface area contributed by atoms with Crippen molar-refractivity contribution in [3.63, 3.8) is 0 Å². The predicted octanol–water partition coefficient (Wildman–Crippen LogP) is 3.59. The summed E-state index contributed by atoms with van der Waals surface area (Å²) >= 11 is 0. The number of hydrogen-bond donors (Lipinski definition) is 2. The van der Waals surface area contributed by atoms with Crippen molar-refractivity contribution in [1.29, 1.82) is 0 Å². The molecule has 4 nitrogen and oxygen atoms in total. The summed E-state index contributed by atoms with van der Waals surface area (Å²) in [4.78, 5) is 20.9. The number of rotatable bonds is 10.